The van der Waals surface area contributed by atoms with Crippen LogP contribution in [0.1, 0.15) is 16.1 Å². The third-order valence-electron chi connectivity index (χ3n) is 4.31. The second-order valence-electron chi connectivity index (χ2n) is 6.51. The number of hydrogen-bond donors (Lipinski definition) is 1. The molecule has 0 saturated carbocycles. The van der Waals surface area contributed by atoms with Crippen molar-refractivity contribution in [3.63, 3.8) is 0 Å². The SMILES string of the molecule is Cc1noc2nc(-c3ccco3)cc(C(=O)OCC(=O)Nc3ccc(SC(F)F)cc3)c12. The summed E-state index contributed by atoms with van der Waals surface area (Å²) in [6.07, 6.45) is 1.47. The molecule has 1 amide bonds. The number of thioether (sulfide) groups is 1. The van der Waals surface area contributed by atoms with E-state index < -0.39 is 24.2 Å². The van der Waals surface area contributed by atoms with Crippen molar-refractivity contribution < 1.29 is 32.0 Å². The van der Waals surface area contributed by atoms with E-state index in [0.29, 0.717) is 44.9 Å². The number of halogens is 2. The summed E-state index contributed by atoms with van der Waals surface area (Å²) < 4.78 is 40.4. The van der Waals surface area contributed by atoms with E-state index in [2.05, 4.69) is 15.5 Å². The van der Waals surface area contributed by atoms with E-state index >= 15 is 0 Å². The molecule has 1 N–H and O–H groups in total. The lowest BCUT2D eigenvalue weighted by molar-refractivity contribution is -0.119. The Hall–Kier alpha value is -3.73. The Balaban J connectivity index is 1.46. The minimum absolute atomic E-state index is 0.126. The average Bonchev–Trinajstić information content (AvgIpc) is 3.43. The normalized spacial score (nSPS) is 11.1. The third-order valence-corrected chi connectivity index (χ3v) is 5.03. The van der Waals surface area contributed by atoms with Gasteiger partial charge in [-0.15, -0.1) is 0 Å². The number of anilines is 1. The number of rotatable bonds is 7. The molecular weight excluding hydrogens is 444 g/mol. The molecule has 4 aromatic rings. The highest BCUT2D eigenvalue weighted by Gasteiger charge is 2.22. The lowest BCUT2D eigenvalue weighted by Gasteiger charge is -2.08. The van der Waals surface area contributed by atoms with Gasteiger partial charge < -0.3 is 19.0 Å². The molecule has 0 aliphatic rings. The highest BCUT2D eigenvalue weighted by Crippen LogP contribution is 2.28. The first-order valence-electron chi connectivity index (χ1n) is 9.23. The summed E-state index contributed by atoms with van der Waals surface area (Å²) in [5, 5.41) is 6.74. The molecule has 0 aliphatic heterocycles. The zero-order valence-corrected chi connectivity index (χ0v) is 17.3. The maximum Gasteiger partial charge on any atom is 0.339 e. The largest absolute Gasteiger partial charge is 0.463 e. The third kappa shape index (κ3) is 4.78. The number of aryl methyl sites for hydroxylation is 1. The monoisotopic (exact) mass is 459 g/mol. The van der Waals surface area contributed by atoms with Gasteiger partial charge in [0.2, 0.25) is 0 Å². The molecule has 3 heterocycles. The number of alkyl halides is 2. The van der Waals surface area contributed by atoms with E-state index in [1.54, 1.807) is 19.1 Å². The zero-order valence-electron chi connectivity index (χ0n) is 16.5. The van der Waals surface area contributed by atoms with Crippen molar-refractivity contribution in [3.05, 3.63) is 60.0 Å². The van der Waals surface area contributed by atoms with Crippen molar-refractivity contribution in [1.29, 1.82) is 0 Å². The highest BCUT2D eigenvalue weighted by molar-refractivity contribution is 7.99. The van der Waals surface area contributed by atoms with E-state index in [4.69, 9.17) is 13.7 Å². The number of hydrogen-bond acceptors (Lipinski definition) is 8. The number of fused-ring (bicyclic) bond motifs is 1. The Bertz CT molecular complexity index is 1260. The molecule has 0 spiro atoms. The minimum Gasteiger partial charge on any atom is -0.463 e. The van der Waals surface area contributed by atoms with E-state index in [0.717, 1.165) is 0 Å². The number of furan rings is 1. The van der Waals surface area contributed by atoms with Crippen molar-refractivity contribution in [2.24, 2.45) is 0 Å². The van der Waals surface area contributed by atoms with Gasteiger partial charge >= 0.3 is 5.97 Å². The van der Waals surface area contributed by atoms with Gasteiger partial charge in [-0.1, -0.05) is 16.9 Å². The molecule has 0 bridgehead atoms. The highest BCUT2D eigenvalue weighted by atomic mass is 32.2. The van der Waals surface area contributed by atoms with Crippen LogP contribution in [0.4, 0.5) is 14.5 Å². The number of aromatic nitrogens is 2. The van der Waals surface area contributed by atoms with Crippen LogP contribution < -0.4 is 5.32 Å². The van der Waals surface area contributed by atoms with Gasteiger partial charge in [0.1, 0.15) is 5.69 Å². The molecule has 1 aromatic carbocycles. The van der Waals surface area contributed by atoms with Crippen molar-refractivity contribution in [3.8, 4) is 11.5 Å². The predicted molar refractivity (Wildman–Crippen MR) is 111 cm³/mol. The van der Waals surface area contributed by atoms with E-state index in [9.17, 15) is 18.4 Å². The fourth-order valence-electron chi connectivity index (χ4n) is 2.93. The molecule has 0 fully saturated rings. The maximum absolute atomic E-state index is 12.7. The minimum atomic E-state index is -2.53. The van der Waals surface area contributed by atoms with E-state index in [1.807, 2.05) is 0 Å². The molecule has 0 aliphatic carbocycles. The maximum atomic E-state index is 12.7. The molecular formula is C21H15F2N3O5S. The molecule has 32 heavy (non-hydrogen) atoms. The summed E-state index contributed by atoms with van der Waals surface area (Å²) >= 11 is 0.401. The average molecular weight is 459 g/mol. The topological polar surface area (TPSA) is 107 Å². The predicted octanol–water partition coefficient (Wildman–Crippen LogP) is 4.90. The number of esters is 1. The lowest BCUT2D eigenvalue weighted by atomic mass is 10.1. The molecule has 0 atom stereocenters. The molecule has 164 valence electrons. The first-order valence-corrected chi connectivity index (χ1v) is 10.1. The number of pyridine rings is 1. The summed E-state index contributed by atoms with van der Waals surface area (Å²) in [5.41, 5.74) is 1.43. The molecule has 0 saturated heterocycles. The Labute approximate surface area is 183 Å². The molecule has 0 radical (unpaired) electrons. The second-order valence-corrected chi connectivity index (χ2v) is 7.57. The van der Waals surface area contributed by atoms with E-state index in [1.165, 1.54) is 36.6 Å². The van der Waals surface area contributed by atoms with Crippen LogP contribution in [0.2, 0.25) is 0 Å². The standard InChI is InChI=1S/C21H15F2N3O5S/c1-11-18-14(9-15(16-3-2-8-29-16)25-19(18)31-26-11)20(28)30-10-17(27)24-12-4-6-13(7-5-12)32-21(22)23/h2-9,21H,10H2,1H3,(H,24,27). The van der Waals surface area contributed by atoms with Crippen LogP contribution in [-0.4, -0.2) is 34.4 Å². The quantitative estimate of drug-likeness (QED) is 0.307. The van der Waals surface area contributed by atoms with Crippen molar-refractivity contribution in [2.45, 2.75) is 17.6 Å². The van der Waals surface area contributed by atoms with Crippen LogP contribution in [0.25, 0.3) is 22.6 Å². The molecule has 8 nitrogen and oxygen atoms in total. The number of carbonyl (C=O) groups is 2. The van der Waals surface area contributed by atoms with Gasteiger partial charge in [-0.3, -0.25) is 4.79 Å². The summed E-state index contributed by atoms with van der Waals surface area (Å²) in [6, 6.07) is 10.7. The zero-order chi connectivity index (χ0) is 22.7. The van der Waals surface area contributed by atoms with E-state index in [-0.39, 0.29) is 11.3 Å². The number of nitrogens with one attached hydrogen (secondary N) is 1. The summed E-state index contributed by atoms with van der Waals surface area (Å²) in [7, 11) is 0. The lowest BCUT2D eigenvalue weighted by Crippen LogP contribution is -2.21. The van der Waals surface area contributed by atoms with Gasteiger partial charge in [0, 0.05) is 10.6 Å². The Kier molecular flexibility index (Phi) is 6.17. The van der Waals surface area contributed by atoms with Gasteiger partial charge in [0.05, 0.1) is 22.9 Å². The van der Waals surface area contributed by atoms with Gasteiger partial charge in [-0.05, 0) is 49.4 Å². The van der Waals surface area contributed by atoms with Gasteiger partial charge in [0.15, 0.2) is 12.4 Å². The summed E-state index contributed by atoms with van der Waals surface area (Å²) in [4.78, 5) is 29.6. The van der Waals surface area contributed by atoms with Gasteiger partial charge in [0.25, 0.3) is 17.4 Å². The van der Waals surface area contributed by atoms with Crippen LogP contribution in [0.3, 0.4) is 0 Å². The van der Waals surface area contributed by atoms with Gasteiger partial charge in [-0.25, -0.2) is 9.78 Å². The number of carbonyl (C=O) groups excluding carboxylic acids is 2. The Morgan fingerprint density at radius 2 is 2.00 bits per heavy atom. The fraction of sp³-hybridized carbons (Fsp3) is 0.143. The van der Waals surface area contributed by atoms with Crippen molar-refractivity contribution in [1.82, 2.24) is 10.1 Å². The number of amides is 1. The van der Waals surface area contributed by atoms with Crippen molar-refractivity contribution in [2.75, 3.05) is 11.9 Å². The molecule has 4 rings (SSSR count). The Morgan fingerprint density at radius 3 is 2.69 bits per heavy atom. The number of benzene rings is 1. The first-order chi connectivity index (χ1) is 15.4. The summed E-state index contributed by atoms with van der Waals surface area (Å²) in [6.45, 7) is 1.09. The second kappa shape index (κ2) is 9.18. The van der Waals surface area contributed by atoms with Gasteiger partial charge in [-0.2, -0.15) is 8.78 Å². The number of nitrogens with zero attached hydrogens (tertiary/aromatic N) is 2. The van der Waals surface area contributed by atoms with Crippen LogP contribution in [0.5, 0.6) is 0 Å². The van der Waals surface area contributed by atoms with Crippen LogP contribution >= 0.6 is 11.8 Å². The smallest absolute Gasteiger partial charge is 0.339 e. The fourth-order valence-corrected chi connectivity index (χ4v) is 3.43. The van der Waals surface area contributed by atoms with Crippen LogP contribution in [-0.2, 0) is 9.53 Å². The molecule has 0 unspecified atom stereocenters. The Morgan fingerprint density at radius 1 is 1.22 bits per heavy atom. The molecule has 3 aromatic heterocycles. The summed E-state index contributed by atoms with van der Waals surface area (Å²) in [5.74, 6) is -3.47. The van der Waals surface area contributed by atoms with Crippen molar-refractivity contribution >= 4 is 40.4 Å². The van der Waals surface area contributed by atoms with Crippen LogP contribution in [0.15, 0.2) is 62.6 Å². The van der Waals surface area contributed by atoms with Crippen LogP contribution in [0, 0.1) is 6.92 Å². The number of ether oxygens (including phenoxy) is 1. The molecule has 11 heteroatoms. The first kappa shape index (κ1) is 21.5.